The Morgan fingerprint density at radius 2 is 1.20 bits per heavy atom. The van der Waals surface area contributed by atoms with E-state index in [1.54, 1.807) is 0 Å². The van der Waals surface area contributed by atoms with Crippen LogP contribution in [-0.4, -0.2) is 31.3 Å². The highest BCUT2D eigenvalue weighted by Gasteiger charge is 2.27. The van der Waals surface area contributed by atoms with E-state index in [1.165, 1.54) is 57.9 Å². The quantitative estimate of drug-likeness (QED) is 0.272. The SMILES string of the molecule is CCC1Cc2c(ccc(C)c2C)-c2cc(=O)c(C(=O)O)cn21.CCC1Cc2cc(C)c(C)cc2-c2cc(=O)c(C(=O)O)cn21. The van der Waals surface area contributed by atoms with Crippen molar-refractivity contribution in [2.24, 2.45) is 0 Å². The molecule has 228 valence electrons. The molecule has 2 unspecified atom stereocenters. The van der Waals surface area contributed by atoms with Gasteiger partial charge in [-0.2, -0.15) is 0 Å². The minimum Gasteiger partial charge on any atom is -0.477 e. The first-order valence-corrected chi connectivity index (χ1v) is 15.0. The van der Waals surface area contributed by atoms with Crippen LogP contribution < -0.4 is 10.9 Å². The van der Waals surface area contributed by atoms with Crippen LogP contribution in [0.25, 0.3) is 22.5 Å². The van der Waals surface area contributed by atoms with Gasteiger partial charge in [0.05, 0.1) is 11.4 Å². The molecule has 2 aromatic carbocycles. The molecule has 2 aromatic heterocycles. The zero-order valence-electron chi connectivity index (χ0n) is 26.0. The Hall–Kier alpha value is -4.72. The highest BCUT2D eigenvalue weighted by atomic mass is 16.4. The molecule has 2 aliphatic heterocycles. The normalized spacial score (nSPS) is 16.0. The fourth-order valence-electron chi connectivity index (χ4n) is 6.49. The molecular weight excluding hydrogens is 556 g/mol. The number of fused-ring (bicyclic) bond motifs is 6. The van der Waals surface area contributed by atoms with Crippen molar-refractivity contribution in [3.63, 3.8) is 0 Å². The van der Waals surface area contributed by atoms with E-state index in [-0.39, 0.29) is 23.2 Å². The maximum atomic E-state index is 12.1. The van der Waals surface area contributed by atoms with Crippen molar-refractivity contribution < 1.29 is 19.8 Å². The molecule has 44 heavy (non-hydrogen) atoms. The summed E-state index contributed by atoms with van der Waals surface area (Å²) < 4.78 is 3.92. The molecular formula is C36H38N2O6. The van der Waals surface area contributed by atoms with E-state index in [1.807, 2.05) is 15.2 Å². The van der Waals surface area contributed by atoms with E-state index < -0.39 is 22.8 Å². The minimum absolute atomic E-state index is 0.158. The Labute approximate surface area is 256 Å². The molecule has 0 aliphatic carbocycles. The smallest absolute Gasteiger partial charge is 0.341 e. The summed E-state index contributed by atoms with van der Waals surface area (Å²) in [5, 5.41) is 18.4. The predicted molar refractivity (Wildman–Crippen MR) is 171 cm³/mol. The maximum Gasteiger partial charge on any atom is 0.341 e. The van der Waals surface area contributed by atoms with Crippen molar-refractivity contribution >= 4 is 11.9 Å². The number of nitrogens with zero attached hydrogens (tertiary/aromatic N) is 2. The number of pyridine rings is 2. The molecule has 0 spiro atoms. The molecule has 8 heteroatoms. The number of rotatable bonds is 4. The second-order valence-corrected chi connectivity index (χ2v) is 12.0. The summed E-state index contributed by atoms with van der Waals surface area (Å²) in [5.74, 6) is -2.33. The molecule has 0 amide bonds. The summed E-state index contributed by atoms with van der Waals surface area (Å²) in [5.41, 5.74) is 9.99. The Morgan fingerprint density at radius 1 is 0.705 bits per heavy atom. The topological polar surface area (TPSA) is 119 Å². The highest BCUT2D eigenvalue weighted by molar-refractivity contribution is 5.88. The van der Waals surface area contributed by atoms with E-state index in [2.05, 4.69) is 59.7 Å². The Kier molecular flexibility index (Phi) is 8.21. The van der Waals surface area contributed by atoms with Gasteiger partial charge in [-0.05, 0) is 92.8 Å². The third-order valence-corrected chi connectivity index (χ3v) is 9.39. The van der Waals surface area contributed by atoms with Gasteiger partial charge in [-0.1, -0.05) is 32.0 Å². The highest BCUT2D eigenvalue weighted by Crippen LogP contribution is 2.38. The average molecular weight is 595 g/mol. The standard InChI is InChI=1S/2C18H19NO3/c1-4-13-7-12-5-10(2)11(3)6-14(12)16-8-17(20)15(18(21)22)9-19(13)16;1-4-12-7-14-11(3)10(2)5-6-13(14)16-8-17(20)15(18(21)22)9-19(12)16/h5-6,8-9,13H,4,7H2,1-3H3,(H,21,22);5-6,8-9,12H,4,7H2,1-3H3,(H,21,22). The number of hydrogen-bond donors (Lipinski definition) is 2. The lowest BCUT2D eigenvalue weighted by Crippen LogP contribution is -2.25. The molecule has 8 nitrogen and oxygen atoms in total. The van der Waals surface area contributed by atoms with Crippen molar-refractivity contribution in [2.75, 3.05) is 0 Å². The second kappa shape index (κ2) is 11.8. The Bertz CT molecular complexity index is 1880. The van der Waals surface area contributed by atoms with Gasteiger partial charge in [-0.25, -0.2) is 9.59 Å². The van der Waals surface area contributed by atoms with E-state index in [9.17, 15) is 29.4 Å². The summed E-state index contributed by atoms with van der Waals surface area (Å²) >= 11 is 0. The molecule has 0 saturated heterocycles. The monoisotopic (exact) mass is 594 g/mol. The predicted octanol–water partition coefficient (Wildman–Crippen LogP) is 6.68. The van der Waals surface area contributed by atoms with Crippen LogP contribution in [0.2, 0.25) is 0 Å². The number of carboxylic acid groups (broad SMARTS) is 2. The first-order chi connectivity index (χ1) is 20.9. The van der Waals surface area contributed by atoms with Gasteiger partial charge >= 0.3 is 11.9 Å². The van der Waals surface area contributed by atoms with E-state index >= 15 is 0 Å². The molecule has 0 fully saturated rings. The first-order valence-electron chi connectivity index (χ1n) is 15.0. The summed E-state index contributed by atoms with van der Waals surface area (Å²) in [6.07, 6.45) is 6.53. The number of carboxylic acids is 2. The van der Waals surface area contributed by atoms with E-state index in [0.29, 0.717) is 0 Å². The van der Waals surface area contributed by atoms with Gasteiger partial charge in [0, 0.05) is 47.7 Å². The average Bonchev–Trinajstić information content (AvgIpc) is 2.98. The molecule has 0 bridgehead atoms. The molecule has 2 atom stereocenters. The summed E-state index contributed by atoms with van der Waals surface area (Å²) in [7, 11) is 0. The van der Waals surface area contributed by atoms with Gasteiger partial charge in [0.25, 0.3) is 0 Å². The number of aromatic carboxylic acids is 2. The first kappa shape index (κ1) is 30.7. The van der Waals surface area contributed by atoms with Crippen LogP contribution in [-0.2, 0) is 12.8 Å². The zero-order valence-corrected chi connectivity index (χ0v) is 26.0. The van der Waals surface area contributed by atoms with Crippen LogP contribution in [0, 0.1) is 27.7 Å². The van der Waals surface area contributed by atoms with Crippen molar-refractivity contribution in [1.82, 2.24) is 9.13 Å². The van der Waals surface area contributed by atoms with Crippen LogP contribution in [0.4, 0.5) is 0 Å². The van der Waals surface area contributed by atoms with Crippen molar-refractivity contribution in [3.8, 4) is 22.5 Å². The summed E-state index contributed by atoms with van der Waals surface area (Å²) in [4.78, 5) is 46.7. The van der Waals surface area contributed by atoms with Crippen LogP contribution in [0.1, 0.15) is 92.9 Å². The summed E-state index contributed by atoms with van der Waals surface area (Å²) in [6, 6.07) is 11.7. The van der Waals surface area contributed by atoms with Crippen LogP contribution >= 0.6 is 0 Å². The largest absolute Gasteiger partial charge is 0.477 e. The molecule has 2 aliphatic rings. The summed E-state index contributed by atoms with van der Waals surface area (Å²) in [6.45, 7) is 12.5. The van der Waals surface area contributed by atoms with E-state index in [0.717, 1.165) is 48.2 Å². The lowest BCUT2D eigenvalue weighted by atomic mass is 9.86. The molecule has 4 heterocycles. The lowest BCUT2D eigenvalue weighted by molar-refractivity contribution is 0.0683. The van der Waals surface area contributed by atoms with Crippen molar-refractivity contribution in [3.05, 3.63) is 114 Å². The molecule has 0 saturated carbocycles. The maximum absolute atomic E-state index is 12.1. The Balaban J connectivity index is 0.000000175. The number of carbonyl (C=O) groups is 2. The van der Waals surface area contributed by atoms with Gasteiger partial charge in [0.2, 0.25) is 0 Å². The van der Waals surface area contributed by atoms with Crippen molar-refractivity contribution in [2.45, 2.75) is 79.3 Å². The van der Waals surface area contributed by atoms with Crippen LogP contribution in [0.3, 0.4) is 0 Å². The van der Waals surface area contributed by atoms with Gasteiger partial charge in [-0.15, -0.1) is 0 Å². The number of benzene rings is 2. The molecule has 2 N–H and O–H groups in total. The fraction of sp³-hybridized carbons (Fsp3) is 0.333. The second-order valence-electron chi connectivity index (χ2n) is 12.0. The minimum atomic E-state index is -1.17. The number of aryl methyl sites for hydroxylation is 3. The molecule has 6 rings (SSSR count). The number of hydrogen-bond acceptors (Lipinski definition) is 4. The van der Waals surface area contributed by atoms with Crippen molar-refractivity contribution in [1.29, 1.82) is 0 Å². The Morgan fingerprint density at radius 3 is 1.73 bits per heavy atom. The number of aromatic nitrogens is 2. The van der Waals surface area contributed by atoms with E-state index in [4.69, 9.17) is 0 Å². The van der Waals surface area contributed by atoms with Gasteiger partial charge < -0.3 is 19.3 Å². The third-order valence-electron chi connectivity index (χ3n) is 9.39. The zero-order chi connectivity index (χ0) is 32.0. The van der Waals surface area contributed by atoms with Gasteiger partial charge in [-0.3, -0.25) is 9.59 Å². The van der Waals surface area contributed by atoms with Crippen LogP contribution in [0.5, 0.6) is 0 Å². The van der Waals surface area contributed by atoms with Gasteiger partial charge in [0.1, 0.15) is 11.1 Å². The molecule has 0 radical (unpaired) electrons. The molecule has 4 aromatic rings. The fourth-order valence-corrected chi connectivity index (χ4v) is 6.49. The van der Waals surface area contributed by atoms with Crippen LogP contribution in [0.15, 0.2) is 58.4 Å². The third kappa shape index (κ3) is 5.29. The van der Waals surface area contributed by atoms with Gasteiger partial charge in [0.15, 0.2) is 10.9 Å². The lowest BCUT2D eigenvalue weighted by Gasteiger charge is -2.31.